The van der Waals surface area contributed by atoms with Crippen molar-refractivity contribution in [2.24, 2.45) is 11.8 Å². The number of hydrogen-bond acceptors (Lipinski definition) is 1. The molecule has 0 aromatic carbocycles. The summed E-state index contributed by atoms with van der Waals surface area (Å²) in [4.78, 5) is 0. The van der Waals surface area contributed by atoms with E-state index in [1.807, 2.05) is 0 Å². The van der Waals surface area contributed by atoms with E-state index in [9.17, 15) is 0 Å². The molecule has 1 heteroatoms. The zero-order valence-corrected chi connectivity index (χ0v) is 40.3. The molecule has 0 saturated carbocycles. The second-order valence-corrected chi connectivity index (χ2v) is 19.2. The Balaban J connectivity index is 6.74. The van der Waals surface area contributed by atoms with Crippen LogP contribution in [-0.2, 0) is 4.74 Å². The van der Waals surface area contributed by atoms with E-state index in [2.05, 4.69) is 55.4 Å². The molecule has 0 bridgehead atoms. The van der Waals surface area contributed by atoms with Gasteiger partial charge in [0.25, 0.3) is 0 Å². The van der Waals surface area contributed by atoms with E-state index < -0.39 is 0 Å². The van der Waals surface area contributed by atoms with Crippen LogP contribution in [0.1, 0.15) is 325 Å². The molecule has 0 radical (unpaired) electrons. The summed E-state index contributed by atoms with van der Waals surface area (Å²) in [6.07, 6.45) is 58.3. The van der Waals surface area contributed by atoms with Crippen LogP contribution >= 0.6 is 0 Å². The summed E-state index contributed by atoms with van der Waals surface area (Å²) in [7, 11) is 0. The van der Waals surface area contributed by atoms with Gasteiger partial charge >= 0.3 is 0 Å². The van der Waals surface area contributed by atoms with Crippen LogP contribution in [0.2, 0.25) is 0 Å². The van der Waals surface area contributed by atoms with Crippen molar-refractivity contribution in [3.8, 4) is 0 Å². The molecule has 0 amide bonds. The second-order valence-electron chi connectivity index (χ2n) is 19.2. The highest BCUT2D eigenvalue weighted by molar-refractivity contribution is 4.95. The Morgan fingerprint density at radius 1 is 0.255 bits per heavy atom. The van der Waals surface area contributed by atoms with Gasteiger partial charge in [-0.05, 0) is 50.4 Å². The molecule has 0 rings (SSSR count). The number of ether oxygens (including phenoxy) is 1. The third-order valence-corrected chi connectivity index (χ3v) is 14.0. The second kappa shape index (κ2) is 40.7. The first-order valence-corrected chi connectivity index (χ1v) is 26.6. The molecule has 0 spiro atoms. The highest BCUT2D eigenvalue weighted by Crippen LogP contribution is 2.47. The zero-order valence-electron chi connectivity index (χ0n) is 40.3. The minimum Gasteiger partial charge on any atom is -0.368 e. The molecule has 0 saturated heterocycles. The smallest absolute Gasteiger partial charge is 0.0715 e. The van der Waals surface area contributed by atoms with Crippen molar-refractivity contribution < 1.29 is 4.74 Å². The SMILES string of the molecule is CCCCCCCCC(C)C(CCCCCCCC)(CCCCCCCC)OC(CCCCCCCC)(CCCCCCCC)C(C)CCCCCCCC. The summed E-state index contributed by atoms with van der Waals surface area (Å²) in [5, 5.41) is 0. The minimum absolute atomic E-state index is 0.0404. The number of hydrogen-bond donors (Lipinski definition) is 0. The van der Waals surface area contributed by atoms with Crippen LogP contribution in [0.4, 0.5) is 0 Å². The lowest BCUT2D eigenvalue weighted by Crippen LogP contribution is -2.52. The third-order valence-electron chi connectivity index (χ3n) is 14.0. The lowest BCUT2D eigenvalue weighted by Gasteiger charge is -2.51. The van der Waals surface area contributed by atoms with Crippen molar-refractivity contribution in [2.75, 3.05) is 0 Å². The third kappa shape index (κ3) is 29.8. The van der Waals surface area contributed by atoms with Crippen LogP contribution in [0.5, 0.6) is 0 Å². The Morgan fingerprint density at radius 2 is 0.436 bits per heavy atom. The molecule has 2 atom stereocenters. The van der Waals surface area contributed by atoms with Crippen molar-refractivity contribution in [2.45, 2.75) is 336 Å². The standard InChI is InChI=1S/C54H110O/c1-9-15-21-27-33-39-45-51(7)53(47-41-35-29-23-17-11-3,48-42-36-30-24-18-12-4)55-54(49-43-37-31-25-19-13-5,50-44-38-32-26-20-14-6)52(8)46-40-34-28-22-16-10-2/h51-52H,9-50H2,1-8H3. The van der Waals surface area contributed by atoms with Crippen LogP contribution in [0, 0.1) is 11.8 Å². The van der Waals surface area contributed by atoms with Gasteiger partial charge in [-0.25, -0.2) is 0 Å². The molecule has 0 aromatic rings. The van der Waals surface area contributed by atoms with Gasteiger partial charge in [0.15, 0.2) is 0 Å². The lowest BCUT2D eigenvalue weighted by atomic mass is 9.72. The van der Waals surface area contributed by atoms with E-state index in [4.69, 9.17) is 4.74 Å². The minimum atomic E-state index is 0.0404. The first kappa shape index (κ1) is 55.0. The normalized spacial score (nSPS) is 13.5. The average molecular weight is 775 g/mol. The molecular formula is C54H110O. The van der Waals surface area contributed by atoms with Gasteiger partial charge in [-0.2, -0.15) is 0 Å². The van der Waals surface area contributed by atoms with E-state index >= 15 is 0 Å². The fourth-order valence-electron chi connectivity index (χ4n) is 9.85. The highest BCUT2D eigenvalue weighted by Gasteiger charge is 2.46. The van der Waals surface area contributed by atoms with Gasteiger partial charge in [-0.1, -0.05) is 287 Å². The largest absolute Gasteiger partial charge is 0.368 e. The van der Waals surface area contributed by atoms with Gasteiger partial charge in [0, 0.05) is 0 Å². The van der Waals surface area contributed by atoms with E-state index in [1.165, 1.54) is 270 Å². The van der Waals surface area contributed by atoms with E-state index in [0.29, 0.717) is 11.8 Å². The summed E-state index contributed by atoms with van der Waals surface area (Å²) in [6, 6.07) is 0. The molecule has 0 fully saturated rings. The van der Waals surface area contributed by atoms with Crippen LogP contribution in [0.3, 0.4) is 0 Å². The lowest BCUT2D eigenvalue weighted by molar-refractivity contribution is -0.218. The van der Waals surface area contributed by atoms with Gasteiger partial charge in [0.2, 0.25) is 0 Å². The predicted octanol–water partition coefficient (Wildman–Crippen LogP) is 20.3. The Bertz CT molecular complexity index is 635. The Hall–Kier alpha value is -0.0400. The molecule has 2 unspecified atom stereocenters. The maximum Gasteiger partial charge on any atom is 0.0715 e. The van der Waals surface area contributed by atoms with Crippen LogP contribution in [-0.4, -0.2) is 11.2 Å². The number of unbranched alkanes of at least 4 members (excludes halogenated alkanes) is 30. The summed E-state index contributed by atoms with van der Waals surface area (Å²) in [6.45, 7) is 19.5. The number of rotatable bonds is 46. The molecule has 0 aliphatic rings. The summed E-state index contributed by atoms with van der Waals surface area (Å²) in [5.41, 5.74) is 0.0808. The van der Waals surface area contributed by atoms with Crippen molar-refractivity contribution in [1.29, 1.82) is 0 Å². The molecule has 0 aliphatic carbocycles. The first-order valence-electron chi connectivity index (χ1n) is 26.6. The van der Waals surface area contributed by atoms with Crippen molar-refractivity contribution in [1.82, 2.24) is 0 Å². The Morgan fingerprint density at radius 3 is 0.655 bits per heavy atom. The summed E-state index contributed by atoms with van der Waals surface area (Å²) in [5.74, 6) is 1.30. The van der Waals surface area contributed by atoms with Crippen molar-refractivity contribution in [3.05, 3.63) is 0 Å². The van der Waals surface area contributed by atoms with Gasteiger partial charge in [0.1, 0.15) is 0 Å². The maximum absolute atomic E-state index is 8.45. The molecule has 0 N–H and O–H groups in total. The van der Waals surface area contributed by atoms with Gasteiger partial charge in [0.05, 0.1) is 11.2 Å². The maximum atomic E-state index is 8.45. The first-order chi connectivity index (χ1) is 26.9. The van der Waals surface area contributed by atoms with Gasteiger partial charge < -0.3 is 4.74 Å². The highest BCUT2D eigenvalue weighted by atomic mass is 16.5. The molecule has 0 heterocycles. The molecule has 0 aromatic heterocycles. The molecule has 55 heavy (non-hydrogen) atoms. The van der Waals surface area contributed by atoms with E-state index in [-0.39, 0.29) is 11.2 Å². The van der Waals surface area contributed by atoms with Crippen molar-refractivity contribution >= 4 is 0 Å². The topological polar surface area (TPSA) is 9.23 Å². The van der Waals surface area contributed by atoms with Crippen molar-refractivity contribution in [3.63, 3.8) is 0 Å². The zero-order chi connectivity index (χ0) is 40.6. The Kier molecular flexibility index (Phi) is 40.7. The average Bonchev–Trinajstić information content (AvgIpc) is 3.19. The Labute approximate surface area is 351 Å². The van der Waals surface area contributed by atoms with E-state index in [0.717, 1.165) is 0 Å². The van der Waals surface area contributed by atoms with Gasteiger partial charge in [-0.15, -0.1) is 0 Å². The molecule has 0 aliphatic heterocycles. The van der Waals surface area contributed by atoms with Crippen LogP contribution < -0.4 is 0 Å². The van der Waals surface area contributed by atoms with Gasteiger partial charge in [-0.3, -0.25) is 0 Å². The molecule has 332 valence electrons. The summed E-state index contributed by atoms with van der Waals surface area (Å²) < 4.78 is 8.45. The van der Waals surface area contributed by atoms with Crippen LogP contribution in [0.15, 0.2) is 0 Å². The van der Waals surface area contributed by atoms with E-state index in [1.54, 1.807) is 0 Å². The fraction of sp³-hybridized carbons (Fsp3) is 1.00. The fourth-order valence-corrected chi connectivity index (χ4v) is 9.85. The summed E-state index contributed by atoms with van der Waals surface area (Å²) >= 11 is 0. The van der Waals surface area contributed by atoms with Crippen LogP contribution in [0.25, 0.3) is 0 Å². The quantitative estimate of drug-likeness (QED) is 0.0560. The monoisotopic (exact) mass is 775 g/mol. The predicted molar refractivity (Wildman–Crippen MR) is 253 cm³/mol. The molecular weight excluding hydrogens is 665 g/mol. The molecule has 1 nitrogen and oxygen atoms in total.